The molecule has 0 saturated carbocycles. The van der Waals surface area contributed by atoms with Crippen LogP contribution in [0.1, 0.15) is 28.8 Å². The summed E-state index contributed by atoms with van der Waals surface area (Å²) in [7, 11) is 1.75. The first-order valence-electron chi connectivity index (χ1n) is 10.1. The number of carboxylic acids is 1. The van der Waals surface area contributed by atoms with Crippen LogP contribution in [0.3, 0.4) is 0 Å². The number of nitrogens with zero attached hydrogens (tertiary/aromatic N) is 3. The van der Waals surface area contributed by atoms with Crippen molar-refractivity contribution in [1.82, 2.24) is 4.90 Å². The molecule has 1 fully saturated rings. The van der Waals surface area contributed by atoms with E-state index < -0.39 is 28.6 Å². The Hall–Kier alpha value is -3.51. The first-order chi connectivity index (χ1) is 15.3. The average Bonchev–Trinajstić information content (AvgIpc) is 2.96. The maximum atomic E-state index is 13.8. The molecule has 0 bridgehead atoms. The number of anilines is 1. The SMILES string of the molecule is [C-]#[N+]c1ccc2c(c1)C1(CCN(CCOc3cc(F)c(C(=O)O)c(F)c3)CC1)C(=O)N2C. The number of amides is 1. The van der Waals surface area contributed by atoms with Gasteiger partial charge in [0.05, 0.1) is 12.0 Å². The highest BCUT2D eigenvalue weighted by atomic mass is 19.1. The molecule has 1 amide bonds. The summed E-state index contributed by atoms with van der Waals surface area (Å²) in [4.78, 5) is 31.2. The highest BCUT2D eigenvalue weighted by Crippen LogP contribution is 2.48. The van der Waals surface area contributed by atoms with E-state index in [1.807, 2.05) is 12.1 Å². The van der Waals surface area contributed by atoms with Crippen molar-refractivity contribution in [3.05, 3.63) is 64.5 Å². The number of halogens is 2. The van der Waals surface area contributed by atoms with Crippen molar-refractivity contribution >= 4 is 23.3 Å². The molecule has 2 aromatic carbocycles. The van der Waals surface area contributed by atoms with Crippen LogP contribution in [0.4, 0.5) is 20.2 Å². The quantitative estimate of drug-likeness (QED) is 0.718. The number of carbonyl (C=O) groups excluding carboxylic acids is 1. The Bertz CT molecular complexity index is 1110. The maximum absolute atomic E-state index is 13.8. The number of benzene rings is 2. The van der Waals surface area contributed by atoms with Crippen molar-refractivity contribution in [3.63, 3.8) is 0 Å². The third-order valence-electron chi connectivity index (χ3n) is 6.32. The van der Waals surface area contributed by atoms with Gasteiger partial charge in [-0.05, 0) is 37.6 Å². The third kappa shape index (κ3) is 3.56. The molecule has 0 aliphatic carbocycles. The van der Waals surface area contributed by atoms with E-state index in [0.29, 0.717) is 38.2 Å². The lowest BCUT2D eigenvalue weighted by Crippen LogP contribution is -2.48. The van der Waals surface area contributed by atoms with Gasteiger partial charge in [-0.2, -0.15) is 0 Å². The first kappa shape index (κ1) is 21.7. The van der Waals surface area contributed by atoms with E-state index in [9.17, 15) is 18.4 Å². The zero-order chi connectivity index (χ0) is 23.0. The van der Waals surface area contributed by atoms with Crippen LogP contribution in [0.2, 0.25) is 0 Å². The summed E-state index contributed by atoms with van der Waals surface area (Å²) in [6.45, 7) is 9.18. The zero-order valence-electron chi connectivity index (χ0n) is 17.4. The second-order valence-electron chi connectivity index (χ2n) is 8.02. The number of hydrogen-bond acceptors (Lipinski definition) is 4. The Kier molecular flexibility index (Phi) is 5.57. The normalized spacial score (nSPS) is 17.3. The molecule has 1 saturated heterocycles. The van der Waals surface area contributed by atoms with Gasteiger partial charge in [-0.15, -0.1) is 0 Å². The molecule has 0 atom stereocenters. The number of aromatic carboxylic acids is 1. The first-order valence-corrected chi connectivity index (χ1v) is 10.1. The minimum absolute atomic E-state index is 0.0370. The number of carbonyl (C=O) groups is 2. The van der Waals surface area contributed by atoms with E-state index in [2.05, 4.69) is 9.74 Å². The Morgan fingerprint density at radius 3 is 2.47 bits per heavy atom. The van der Waals surface area contributed by atoms with Crippen molar-refractivity contribution in [2.75, 3.05) is 38.2 Å². The maximum Gasteiger partial charge on any atom is 0.341 e. The largest absolute Gasteiger partial charge is 0.492 e. The van der Waals surface area contributed by atoms with Gasteiger partial charge in [0.2, 0.25) is 5.91 Å². The fraction of sp³-hybridized carbons (Fsp3) is 0.348. The summed E-state index contributed by atoms with van der Waals surface area (Å²) in [5, 5.41) is 8.83. The van der Waals surface area contributed by atoms with Crippen LogP contribution in [0, 0.1) is 18.2 Å². The Labute approximate surface area is 183 Å². The Morgan fingerprint density at radius 1 is 1.22 bits per heavy atom. The molecule has 4 rings (SSSR count). The summed E-state index contributed by atoms with van der Waals surface area (Å²) in [5.41, 5.74) is 0.606. The fourth-order valence-electron chi connectivity index (χ4n) is 4.59. The number of carboxylic acid groups (broad SMARTS) is 1. The van der Waals surface area contributed by atoms with Gasteiger partial charge in [0.1, 0.15) is 29.6 Å². The van der Waals surface area contributed by atoms with Gasteiger partial charge in [-0.1, -0.05) is 12.1 Å². The van der Waals surface area contributed by atoms with Gasteiger partial charge in [0.15, 0.2) is 5.69 Å². The second-order valence-corrected chi connectivity index (χ2v) is 8.02. The molecule has 0 aromatic heterocycles. The van der Waals surface area contributed by atoms with Crippen molar-refractivity contribution < 1.29 is 28.2 Å². The van der Waals surface area contributed by atoms with Gasteiger partial charge >= 0.3 is 5.97 Å². The Balaban J connectivity index is 1.39. The standard InChI is InChI=1S/C23H21F2N3O4/c1-26-14-3-4-19-16(11-14)23(22(31)27(19)2)5-7-28(8-6-23)9-10-32-15-12-17(24)20(21(29)30)18(25)13-15/h3-4,11-13H,5-10H2,2H3,(H,29,30). The summed E-state index contributed by atoms with van der Waals surface area (Å²) in [5.74, 6) is -4.09. The zero-order valence-corrected chi connectivity index (χ0v) is 17.4. The number of rotatable bonds is 5. The highest BCUT2D eigenvalue weighted by molar-refractivity contribution is 6.08. The van der Waals surface area contributed by atoms with Crippen LogP contribution in [0.15, 0.2) is 30.3 Å². The summed E-state index contributed by atoms with van der Waals surface area (Å²) in [6.07, 6.45) is 1.20. The van der Waals surface area contributed by atoms with Crippen LogP contribution >= 0.6 is 0 Å². The molecular formula is C23H21F2N3O4. The fourth-order valence-corrected chi connectivity index (χ4v) is 4.59. The minimum Gasteiger partial charge on any atom is -0.492 e. The smallest absolute Gasteiger partial charge is 0.341 e. The molecule has 0 unspecified atom stereocenters. The molecule has 1 N–H and O–H groups in total. The summed E-state index contributed by atoms with van der Waals surface area (Å²) < 4.78 is 33.0. The van der Waals surface area contributed by atoms with E-state index in [0.717, 1.165) is 23.4 Å². The average molecular weight is 441 g/mol. The monoisotopic (exact) mass is 441 g/mol. The number of hydrogen-bond donors (Lipinski definition) is 1. The number of likely N-dealkylation sites (N-methyl/N-ethyl adjacent to an activating group) is 1. The molecule has 7 nitrogen and oxygen atoms in total. The van der Waals surface area contributed by atoms with E-state index in [1.54, 1.807) is 18.0 Å². The number of piperidine rings is 1. The van der Waals surface area contributed by atoms with Crippen LogP contribution in [-0.2, 0) is 10.2 Å². The van der Waals surface area contributed by atoms with Crippen LogP contribution in [0.5, 0.6) is 5.75 Å². The number of likely N-dealkylation sites (tertiary alicyclic amines) is 1. The molecule has 166 valence electrons. The predicted octanol–water partition coefficient (Wildman–Crippen LogP) is 3.60. The van der Waals surface area contributed by atoms with Gasteiger partial charge < -0.3 is 14.7 Å². The molecule has 2 aliphatic rings. The lowest BCUT2D eigenvalue weighted by molar-refractivity contribution is -0.124. The molecule has 0 radical (unpaired) electrons. The van der Waals surface area contributed by atoms with Crippen molar-refractivity contribution in [2.24, 2.45) is 0 Å². The van der Waals surface area contributed by atoms with Crippen LogP contribution in [-0.4, -0.2) is 55.2 Å². The summed E-state index contributed by atoms with van der Waals surface area (Å²) >= 11 is 0. The Morgan fingerprint density at radius 2 is 1.88 bits per heavy atom. The highest BCUT2D eigenvalue weighted by Gasteiger charge is 2.50. The predicted molar refractivity (Wildman–Crippen MR) is 112 cm³/mol. The van der Waals surface area contributed by atoms with E-state index in [4.69, 9.17) is 16.4 Å². The van der Waals surface area contributed by atoms with Crippen molar-refractivity contribution in [2.45, 2.75) is 18.3 Å². The molecule has 2 heterocycles. The van der Waals surface area contributed by atoms with Gasteiger partial charge in [-0.3, -0.25) is 9.69 Å². The van der Waals surface area contributed by atoms with Gasteiger partial charge in [0.25, 0.3) is 0 Å². The molecule has 9 heteroatoms. The van der Waals surface area contributed by atoms with Crippen LogP contribution < -0.4 is 9.64 Å². The van der Waals surface area contributed by atoms with E-state index in [1.165, 1.54) is 0 Å². The third-order valence-corrected chi connectivity index (χ3v) is 6.32. The van der Waals surface area contributed by atoms with Crippen molar-refractivity contribution in [3.8, 4) is 5.75 Å². The molecule has 2 aliphatic heterocycles. The topological polar surface area (TPSA) is 74.4 Å². The number of ether oxygens (including phenoxy) is 1. The molecular weight excluding hydrogens is 420 g/mol. The molecule has 32 heavy (non-hydrogen) atoms. The lowest BCUT2D eigenvalue weighted by atomic mass is 9.73. The van der Waals surface area contributed by atoms with Crippen LogP contribution in [0.25, 0.3) is 4.85 Å². The number of fused-ring (bicyclic) bond motifs is 2. The summed E-state index contributed by atoms with van der Waals surface area (Å²) in [6, 6.07) is 7.07. The molecule has 2 aromatic rings. The van der Waals surface area contributed by atoms with E-state index >= 15 is 0 Å². The van der Waals surface area contributed by atoms with E-state index in [-0.39, 0.29) is 18.3 Å². The lowest BCUT2D eigenvalue weighted by Gasteiger charge is -2.38. The molecule has 1 spiro atoms. The minimum atomic E-state index is -1.68. The van der Waals surface area contributed by atoms with Gasteiger partial charge in [0, 0.05) is 31.4 Å². The second kappa shape index (κ2) is 8.20. The van der Waals surface area contributed by atoms with Gasteiger partial charge in [-0.25, -0.2) is 18.4 Å². The van der Waals surface area contributed by atoms with Crippen molar-refractivity contribution in [1.29, 1.82) is 0 Å².